The number of likely N-dealkylation sites (tertiary alicyclic amines) is 1. The van der Waals surface area contributed by atoms with Gasteiger partial charge in [-0.2, -0.15) is 0 Å². The third kappa shape index (κ3) is 5.44. The maximum Gasteiger partial charge on any atom is 0.251 e. The van der Waals surface area contributed by atoms with Gasteiger partial charge >= 0.3 is 0 Å². The number of nitrogens with two attached hydrogens (primary N) is 1. The van der Waals surface area contributed by atoms with E-state index >= 15 is 0 Å². The fourth-order valence-corrected chi connectivity index (χ4v) is 4.06. The van der Waals surface area contributed by atoms with E-state index in [1.165, 1.54) is 6.07 Å². The molecule has 8 nitrogen and oxygen atoms in total. The van der Waals surface area contributed by atoms with Crippen LogP contribution in [0.15, 0.2) is 29.4 Å². The van der Waals surface area contributed by atoms with Gasteiger partial charge in [0.2, 0.25) is 5.91 Å². The molecule has 1 heterocycles. The SMILES string of the molecule is NC(=NO)C1CCC(N2CC(NC(=O)CNC(=O)c3cccc(CF)c3)C2)CC1. The molecule has 0 bridgehead atoms. The highest BCUT2D eigenvalue weighted by Gasteiger charge is 2.35. The number of halogens is 1. The number of amidine groups is 1. The Balaban J connectivity index is 1.34. The predicted octanol–water partition coefficient (Wildman–Crippen LogP) is 0.992. The highest BCUT2D eigenvalue weighted by atomic mass is 19.1. The maximum atomic E-state index is 12.7. The Kier molecular flexibility index (Phi) is 7.03. The molecule has 29 heavy (non-hydrogen) atoms. The van der Waals surface area contributed by atoms with Crippen LogP contribution in [0.1, 0.15) is 41.6 Å². The monoisotopic (exact) mass is 405 g/mol. The second-order valence-corrected chi connectivity index (χ2v) is 7.77. The van der Waals surface area contributed by atoms with Crippen LogP contribution < -0.4 is 16.4 Å². The molecule has 0 unspecified atom stereocenters. The summed E-state index contributed by atoms with van der Waals surface area (Å²) in [5.41, 5.74) is 6.45. The van der Waals surface area contributed by atoms with Crippen molar-refractivity contribution in [2.75, 3.05) is 19.6 Å². The third-order valence-electron chi connectivity index (χ3n) is 5.77. The first-order valence-corrected chi connectivity index (χ1v) is 9.94. The number of nitrogens with zero attached hydrogens (tertiary/aromatic N) is 2. The first-order valence-electron chi connectivity index (χ1n) is 9.94. The molecule has 2 fully saturated rings. The van der Waals surface area contributed by atoms with Crippen molar-refractivity contribution in [3.05, 3.63) is 35.4 Å². The van der Waals surface area contributed by atoms with Crippen LogP contribution in [0.2, 0.25) is 0 Å². The van der Waals surface area contributed by atoms with Gasteiger partial charge in [-0.25, -0.2) is 4.39 Å². The zero-order valence-corrected chi connectivity index (χ0v) is 16.3. The first-order chi connectivity index (χ1) is 14.0. The van der Waals surface area contributed by atoms with Crippen LogP contribution in [0.4, 0.5) is 4.39 Å². The van der Waals surface area contributed by atoms with E-state index in [-0.39, 0.29) is 24.4 Å². The zero-order valence-electron chi connectivity index (χ0n) is 16.3. The minimum absolute atomic E-state index is 0.0797. The molecule has 2 amide bonds. The Morgan fingerprint density at radius 2 is 1.97 bits per heavy atom. The average Bonchev–Trinajstić information content (AvgIpc) is 2.73. The molecule has 0 atom stereocenters. The van der Waals surface area contributed by atoms with Gasteiger partial charge in [0.15, 0.2) is 0 Å². The third-order valence-corrected chi connectivity index (χ3v) is 5.77. The van der Waals surface area contributed by atoms with Crippen molar-refractivity contribution >= 4 is 17.6 Å². The summed E-state index contributed by atoms with van der Waals surface area (Å²) in [7, 11) is 0. The van der Waals surface area contributed by atoms with Crippen molar-refractivity contribution in [3.63, 3.8) is 0 Å². The summed E-state index contributed by atoms with van der Waals surface area (Å²) < 4.78 is 12.7. The van der Waals surface area contributed by atoms with Gasteiger partial charge in [0.1, 0.15) is 12.5 Å². The molecule has 1 aliphatic heterocycles. The molecule has 9 heteroatoms. The smallest absolute Gasteiger partial charge is 0.251 e. The lowest BCUT2D eigenvalue weighted by molar-refractivity contribution is -0.122. The lowest BCUT2D eigenvalue weighted by atomic mass is 9.83. The Labute approximate surface area is 169 Å². The van der Waals surface area contributed by atoms with E-state index in [0.717, 1.165) is 38.8 Å². The molecule has 1 aliphatic carbocycles. The molecule has 1 aromatic rings. The van der Waals surface area contributed by atoms with E-state index in [0.29, 0.717) is 23.0 Å². The van der Waals surface area contributed by atoms with E-state index in [2.05, 4.69) is 20.7 Å². The lowest BCUT2D eigenvalue weighted by Gasteiger charge is -2.46. The predicted molar refractivity (Wildman–Crippen MR) is 106 cm³/mol. The van der Waals surface area contributed by atoms with Crippen LogP contribution in [0.5, 0.6) is 0 Å². The van der Waals surface area contributed by atoms with E-state index in [1.807, 2.05) is 0 Å². The Morgan fingerprint density at radius 1 is 1.24 bits per heavy atom. The molecule has 0 aromatic heterocycles. The highest BCUT2D eigenvalue weighted by Crippen LogP contribution is 2.30. The molecule has 2 aliphatic rings. The number of alkyl halides is 1. The van der Waals surface area contributed by atoms with Crippen LogP contribution in [-0.4, -0.2) is 59.5 Å². The molecule has 0 spiro atoms. The van der Waals surface area contributed by atoms with E-state index in [4.69, 9.17) is 10.9 Å². The van der Waals surface area contributed by atoms with E-state index in [9.17, 15) is 14.0 Å². The van der Waals surface area contributed by atoms with Gasteiger partial charge in [0.25, 0.3) is 5.91 Å². The minimum Gasteiger partial charge on any atom is -0.409 e. The molecular formula is C20H28FN5O3. The van der Waals surface area contributed by atoms with Crippen LogP contribution in [0.3, 0.4) is 0 Å². The lowest BCUT2D eigenvalue weighted by Crippen LogP contribution is -2.63. The number of nitrogens with one attached hydrogen (secondary N) is 2. The number of rotatable bonds is 7. The molecule has 5 N–H and O–H groups in total. The quantitative estimate of drug-likeness (QED) is 0.233. The van der Waals surface area contributed by atoms with Crippen LogP contribution in [0.25, 0.3) is 0 Å². The Bertz CT molecular complexity index is 758. The summed E-state index contributed by atoms with van der Waals surface area (Å²) in [6, 6.07) is 6.83. The number of oxime groups is 1. The minimum atomic E-state index is -0.635. The number of amides is 2. The Hall–Kier alpha value is -2.68. The molecule has 158 valence electrons. The van der Waals surface area contributed by atoms with Gasteiger partial charge in [-0.15, -0.1) is 0 Å². The van der Waals surface area contributed by atoms with Crippen molar-refractivity contribution in [2.45, 2.75) is 44.4 Å². The summed E-state index contributed by atoms with van der Waals surface area (Å²) in [6.07, 6.45) is 3.80. The zero-order chi connectivity index (χ0) is 20.8. The fourth-order valence-electron chi connectivity index (χ4n) is 4.06. The molecule has 1 saturated heterocycles. The van der Waals surface area contributed by atoms with Crippen molar-refractivity contribution < 1.29 is 19.2 Å². The van der Waals surface area contributed by atoms with E-state index < -0.39 is 12.6 Å². The second kappa shape index (κ2) is 9.69. The van der Waals surface area contributed by atoms with Crippen LogP contribution in [0, 0.1) is 5.92 Å². The van der Waals surface area contributed by atoms with Crippen LogP contribution >= 0.6 is 0 Å². The van der Waals surface area contributed by atoms with Gasteiger partial charge in [-0.05, 0) is 43.4 Å². The second-order valence-electron chi connectivity index (χ2n) is 7.77. The van der Waals surface area contributed by atoms with Crippen molar-refractivity contribution in [1.82, 2.24) is 15.5 Å². The number of hydrogen-bond acceptors (Lipinski definition) is 5. The van der Waals surface area contributed by atoms with Crippen molar-refractivity contribution in [3.8, 4) is 0 Å². The molecular weight excluding hydrogens is 377 g/mol. The highest BCUT2D eigenvalue weighted by molar-refractivity contribution is 5.96. The van der Waals surface area contributed by atoms with Gasteiger partial charge in [-0.1, -0.05) is 17.3 Å². The Morgan fingerprint density at radius 3 is 2.62 bits per heavy atom. The number of benzene rings is 1. The van der Waals surface area contributed by atoms with Gasteiger partial charge in [-0.3, -0.25) is 14.5 Å². The molecule has 0 radical (unpaired) electrons. The summed E-state index contributed by atoms with van der Waals surface area (Å²) in [5.74, 6) is -0.161. The number of carbonyl (C=O) groups is 2. The summed E-state index contributed by atoms with van der Waals surface area (Å²) in [5, 5.41) is 17.4. The van der Waals surface area contributed by atoms with Gasteiger partial charge in [0, 0.05) is 30.6 Å². The standard InChI is InChI=1S/C20H28FN5O3/c21-9-13-2-1-3-15(8-13)20(28)23-10-18(27)24-16-11-26(12-16)17-6-4-14(5-7-17)19(22)25-29/h1-3,8,14,16-17,29H,4-7,9-12H2,(H2,22,25)(H,23,28)(H,24,27). The van der Waals surface area contributed by atoms with Gasteiger partial charge in [0.05, 0.1) is 12.6 Å². The summed E-state index contributed by atoms with van der Waals surface area (Å²) in [4.78, 5) is 26.5. The van der Waals surface area contributed by atoms with Crippen molar-refractivity contribution in [2.24, 2.45) is 16.8 Å². The van der Waals surface area contributed by atoms with Crippen molar-refractivity contribution in [1.29, 1.82) is 0 Å². The van der Waals surface area contributed by atoms with Crippen LogP contribution in [-0.2, 0) is 11.5 Å². The first kappa shape index (κ1) is 21.0. The summed E-state index contributed by atoms with van der Waals surface area (Å²) >= 11 is 0. The molecule has 1 aromatic carbocycles. The maximum absolute atomic E-state index is 12.7. The normalized spacial score (nSPS) is 23.3. The number of hydrogen-bond donors (Lipinski definition) is 4. The molecule has 3 rings (SSSR count). The van der Waals surface area contributed by atoms with E-state index in [1.54, 1.807) is 18.2 Å². The molecule has 1 saturated carbocycles. The fraction of sp³-hybridized carbons (Fsp3) is 0.550. The summed E-state index contributed by atoms with van der Waals surface area (Å²) in [6.45, 7) is 0.832. The average molecular weight is 405 g/mol. The topological polar surface area (TPSA) is 120 Å². The number of carbonyl (C=O) groups excluding carboxylic acids is 2. The van der Waals surface area contributed by atoms with Gasteiger partial charge < -0.3 is 21.6 Å². The largest absolute Gasteiger partial charge is 0.409 e.